The summed E-state index contributed by atoms with van der Waals surface area (Å²) in [5.41, 5.74) is 3.55. The van der Waals surface area contributed by atoms with Crippen molar-refractivity contribution < 1.29 is 4.74 Å². The standard InChI is InChI=1S/C15H18N2O/c1-11-5-4-6-14(12(11)2)18-10-13-7-8-17-15(9-13)16-3/h4-9H,10H2,1-3H3,(H,16,17). The first kappa shape index (κ1) is 12.4. The molecule has 0 radical (unpaired) electrons. The number of anilines is 1. The van der Waals surface area contributed by atoms with Crippen molar-refractivity contribution in [3.8, 4) is 5.75 Å². The van der Waals surface area contributed by atoms with Gasteiger partial charge in [0.1, 0.15) is 18.2 Å². The Morgan fingerprint density at radius 1 is 1.22 bits per heavy atom. The summed E-state index contributed by atoms with van der Waals surface area (Å²) < 4.78 is 5.85. The highest BCUT2D eigenvalue weighted by Gasteiger charge is 2.02. The van der Waals surface area contributed by atoms with Crippen LogP contribution in [0.25, 0.3) is 0 Å². The predicted octanol–water partition coefficient (Wildman–Crippen LogP) is 3.32. The van der Waals surface area contributed by atoms with Crippen molar-refractivity contribution in [2.45, 2.75) is 20.5 Å². The van der Waals surface area contributed by atoms with Gasteiger partial charge in [-0.25, -0.2) is 4.98 Å². The van der Waals surface area contributed by atoms with Crippen LogP contribution >= 0.6 is 0 Å². The van der Waals surface area contributed by atoms with Crippen molar-refractivity contribution in [2.24, 2.45) is 0 Å². The number of hydrogen-bond acceptors (Lipinski definition) is 3. The van der Waals surface area contributed by atoms with E-state index >= 15 is 0 Å². The van der Waals surface area contributed by atoms with Gasteiger partial charge in [-0.05, 0) is 48.7 Å². The van der Waals surface area contributed by atoms with Gasteiger partial charge in [-0.1, -0.05) is 12.1 Å². The molecule has 0 saturated carbocycles. The lowest BCUT2D eigenvalue weighted by Gasteiger charge is -2.11. The molecule has 2 rings (SSSR count). The summed E-state index contributed by atoms with van der Waals surface area (Å²) in [5.74, 6) is 1.80. The largest absolute Gasteiger partial charge is 0.489 e. The summed E-state index contributed by atoms with van der Waals surface area (Å²) in [6.07, 6.45) is 1.79. The minimum atomic E-state index is 0.557. The maximum Gasteiger partial charge on any atom is 0.126 e. The highest BCUT2D eigenvalue weighted by Crippen LogP contribution is 2.21. The van der Waals surface area contributed by atoms with Gasteiger partial charge in [0.05, 0.1) is 0 Å². The van der Waals surface area contributed by atoms with Crippen LogP contribution in [0.1, 0.15) is 16.7 Å². The molecule has 0 aliphatic carbocycles. The molecule has 94 valence electrons. The van der Waals surface area contributed by atoms with Crippen LogP contribution < -0.4 is 10.1 Å². The van der Waals surface area contributed by atoms with E-state index in [0.717, 1.165) is 17.1 Å². The van der Waals surface area contributed by atoms with Crippen molar-refractivity contribution in [2.75, 3.05) is 12.4 Å². The average Bonchev–Trinajstić information content (AvgIpc) is 2.41. The number of benzene rings is 1. The van der Waals surface area contributed by atoms with Gasteiger partial charge in [-0.2, -0.15) is 0 Å². The maximum absolute atomic E-state index is 5.85. The molecule has 18 heavy (non-hydrogen) atoms. The van der Waals surface area contributed by atoms with Crippen molar-refractivity contribution in [1.29, 1.82) is 0 Å². The van der Waals surface area contributed by atoms with E-state index in [0.29, 0.717) is 6.61 Å². The molecule has 1 heterocycles. The third-order valence-corrected chi connectivity index (χ3v) is 3.03. The number of aromatic nitrogens is 1. The molecule has 3 heteroatoms. The van der Waals surface area contributed by atoms with E-state index in [2.05, 4.69) is 30.2 Å². The molecular formula is C15H18N2O. The van der Waals surface area contributed by atoms with Crippen molar-refractivity contribution in [1.82, 2.24) is 4.98 Å². The Morgan fingerprint density at radius 3 is 2.83 bits per heavy atom. The van der Waals surface area contributed by atoms with Crippen molar-refractivity contribution in [3.63, 3.8) is 0 Å². The number of ether oxygens (including phenoxy) is 1. The van der Waals surface area contributed by atoms with E-state index in [-0.39, 0.29) is 0 Å². The maximum atomic E-state index is 5.85. The molecular weight excluding hydrogens is 224 g/mol. The quantitative estimate of drug-likeness (QED) is 0.893. The summed E-state index contributed by atoms with van der Waals surface area (Å²) in [5, 5.41) is 3.02. The molecule has 0 aliphatic rings. The van der Waals surface area contributed by atoms with Gasteiger partial charge in [0.25, 0.3) is 0 Å². The second kappa shape index (κ2) is 5.54. The molecule has 0 atom stereocenters. The molecule has 0 amide bonds. The fourth-order valence-corrected chi connectivity index (χ4v) is 1.74. The molecule has 0 aliphatic heterocycles. The van der Waals surface area contributed by atoms with Crippen LogP contribution in [0.4, 0.5) is 5.82 Å². The van der Waals surface area contributed by atoms with Gasteiger partial charge in [0.15, 0.2) is 0 Å². The SMILES string of the molecule is CNc1cc(COc2cccc(C)c2C)ccn1. The van der Waals surface area contributed by atoms with Gasteiger partial charge < -0.3 is 10.1 Å². The zero-order chi connectivity index (χ0) is 13.0. The smallest absolute Gasteiger partial charge is 0.126 e. The lowest BCUT2D eigenvalue weighted by Crippen LogP contribution is -2.00. The zero-order valence-electron chi connectivity index (χ0n) is 11.0. The molecule has 0 saturated heterocycles. The van der Waals surface area contributed by atoms with Crippen LogP contribution in [0.2, 0.25) is 0 Å². The van der Waals surface area contributed by atoms with E-state index in [4.69, 9.17) is 4.74 Å². The van der Waals surface area contributed by atoms with E-state index in [9.17, 15) is 0 Å². The Balaban J connectivity index is 2.09. The molecule has 1 N–H and O–H groups in total. The van der Waals surface area contributed by atoms with Crippen LogP contribution in [-0.4, -0.2) is 12.0 Å². The summed E-state index contributed by atoms with van der Waals surface area (Å²) in [6.45, 7) is 4.73. The van der Waals surface area contributed by atoms with E-state index in [1.54, 1.807) is 6.20 Å². The Labute approximate surface area is 108 Å². The molecule has 0 spiro atoms. The molecule has 0 fully saturated rings. The molecule has 2 aromatic rings. The van der Waals surface area contributed by atoms with Crippen LogP contribution in [0.15, 0.2) is 36.5 Å². The van der Waals surface area contributed by atoms with Crippen LogP contribution in [0.5, 0.6) is 5.75 Å². The average molecular weight is 242 g/mol. The summed E-state index contributed by atoms with van der Waals surface area (Å²) in [6, 6.07) is 10.1. The van der Waals surface area contributed by atoms with Gasteiger partial charge in [-0.15, -0.1) is 0 Å². The summed E-state index contributed by atoms with van der Waals surface area (Å²) >= 11 is 0. The molecule has 1 aromatic carbocycles. The van der Waals surface area contributed by atoms with E-state index in [1.165, 1.54) is 11.1 Å². The number of rotatable bonds is 4. The normalized spacial score (nSPS) is 10.2. The second-order valence-electron chi connectivity index (χ2n) is 4.29. The Bertz CT molecular complexity index is 538. The van der Waals surface area contributed by atoms with E-state index in [1.807, 2.05) is 31.3 Å². The third-order valence-electron chi connectivity index (χ3n) is 3.03. The molecule has 1 aromatic heterocycles. The lowest BCUT2D eigenvalue weighted by molar-refractivity contribution is 0.304. The molecule has 3 nitrogen and oxygen atoms in total. The number of hydrogen-bond donors (Lipinski definition) is 1. The van der Waals surface area contributed by atoms with Crippen LogP contribution in [0.3, 0.4) is 0 Å². The number of nitrogens with one attached hydrogen (secondary N) is 1. The highest BCUT2D eigenvalue weighted by atomic mass is 16.5. The number of aryl methyl sites for hydroxylation is 1. The van der Waals surface area contributed by atoms with Gasteiger partial charge >= 0.3 is 0 Å². The Morgan fingerprint density at radius 2 is 2.06 bits per heavy atom. The summed E-state index contributed by atoms with van der Waals surface area (Å²) in [7, 11) is 1.86. The van der Waals surface area contributed by atoms with Crippen molar-refractivity contribution in [3.05, 3.63) is 53.2 Å². The van der Waals surface area contributed by atoms with E-state index < -0.39 is 0 Å². The first-order valence-corrected chi connectivity index (χ1v) is 6.02. The fourth-order valence-electron chi connectivity index (χ4n) is 1.74. The highest BCUT2D eigenvalue weighted by molar-refractivity contribution is 5.39. The minimum Gasteiger partial charge on any atom is -0.489 e. The minimum absolute atomic E-state index is 0.557. The first-order chi connectivity index (χ1) is 8.70. The monoisotopic (exact) mass is 242 g/mol. The lowest BCUT2D eigenvalue weighted by atomic mass is 10.1. The summed E-state index contributed by atoms with van der Waals surface area (Å²) in [4.78, 5) is 4.18. The number of pyridine rings is 1. The van der Waals surface area contributed by atoms with Gasteiger partial charge in [0.2, 0.25) is 0 Å². The fraction of sp³-hybridized carbons (Fsp3) is 0.267. The van der Waals surface area contributed by atoms with Gasteiger partial charge in [-0.3, -0.25) is 0 Å². The van der Waals surface area contributed by atoms with Crippen LogP contribution in [0, 0.1) is 13.8 Å². The first-order valence-electron chi connectivity index (χ1n) is 6.02. The topological polar surface area (TPSA) is 34.1 Å². The molecule has 0 unspecified atom stereocenters. The second-order valence-corrected chi connectivity index (χ2v) is 4.29. The van der Waals surface area contributed by atoms with Crippen LogP contribution in [-0.2, 0) is 6.61 Å². The number of nitrogens with zero attached hydrogens (tertiary/aromatic N) is 1. The van der Waals surface area contributed by atoms with Gasteiger partial charge in [0, 0.05) is 13.2 Å². The predicted molar refractivity (Wildman–Crippen MR) is 74.0 cm³/mol. The third kappa shape index (κ3) is 2.80. The molecule has 0 bridgehead atoms. The zero-order valence-corrected chi connectivity index (χ0v) is 11.0. The Kier molecular flexibility index (Phi) is 3.82. The Hall–Kier alpha value is -2.03. The van der Waals surface area contributed by atoms with Crippen molar-refractivity contribution >= 4 is 5.82 Å².